The summed E-state index contributed by atoms with van der Waals surface area (Å²) in [6.07, 6.45) is 4.35. The first kappa shape index (κ1) is 9.93. The maximum absolute atomic E-state index is 11.4. The molecule has 4 nitrogen and oxygen atoms in total. The summed E-state index contributed by atoms with van der Waals surface area (Å²) in [6.45, 7) is 2.24. The van der Waals surface area contributed by atoms with Crippen LogP contribution in [-0.4, -0.2) is 23.7 Å². The lowest BCUT2D eigenvalue weighted by Gasteiger charge is -2.38. The molecule has 1 saturated heterocycles. The smallest absolute Gasteiger partial charge is 0.234 e. The third-order valence-electron chi connectivity index (χ3n) is 3.34. The van der Waals surface area contributed by atoms with Crippen molar-refractivity contribution in [1.82, 2.24) is 10.4 Å². The number of amides is 1. The quantitative estimate of drug-likeness (QED) is 0.684. The van der Waals surface area contributed by atoms with Crippen molar-refractivity contribution in [3.8, 4) is 0 Å². The molecule has 2 fully saturated rings. The Balaban J connectivity index is 1.96. The van der Waals surface area contributed by atoms with Crippen LogP contribution < -0.4 is 5.32 Å². The molecule has 1 heterocycles. The molecule has 0 spiro atoms. The summed E-state index contributed by atoms with van der Waals surface area (Å²) >= 11 is 0. The van der Waals surface area contributed by atoms with E-state index in [1.807, 2.05) is 0 Å². The first-order chi connectivity index (χ1) is 6.66. The van der Waals surface area contributed by atoms with Crippen molar-refractivity contribution >= 4 is 5.91 Å². The van der Waals surface area contributed by atoms with Gasteiger partial charge in [-0.25, -0.2) is 0 Å². The molecule has 80 valence electrons. The number of rotatable bonds is 1. The van der Waals surface area contributed by atoms with E-state index in [-0.39, 0.29) is 18.6 Å². The topological polar surface area (TPSA) is 55.4 Å². The van der Waals surface area contributed by atoms with Crippen LogP contribution in [-0.2, 0) is 4.79 Å². The van der Waals surface area contributed by atoms with Gasteiger partial charge in [-0.05, 0) is 24.7 Å². The lowest BCUT2D eigenvalue weighted by atomic mass is 9.81. The van der Waals surface area contributed by atoms with E-state index in [0.717, 1.165) is 17.9 Å². The van der Waals surface area contributed by atoms with Crippen LogP contribution in [0.1, 0.15) is 32.6 Å². The SMILES string of the molecule is CC1CCCC(C2NC(=O)CN2[O-])C1. The average molecular weight is 197 g/mol. The first-order valence-corrected chi connectivity index (χ1v) is 5.40. The van der Waals surface area contributed by atoms with E-state index in [4.69, 9.17) is 0 Å². The van der Waals surface area contributed by atoms with Gasteiger partial charge < -0.3 is 15.6 Å². The van der Waals surface area contributed by atoms with E-state index in [1.165, 1.54) is 12.8 Å². The minimum atomic E-state index is -0.245. The van der Waals surface area contributed by atoms with Gasteiger partial charge in [-0.1, -0.05) is 19.8 Å². The minimum Gasteiger partial charge on any atom is -0.783 e. The van der Waals surface area contributed by atoms with Gasteiger partial charge in [-0.2, -0.15) is 0 Å². The fourth-order valence-corrected chi connectivity index (χ4v) is 2.64. The predicted octanol–water partition coefficient (Wildman–Crippen LogP) is 1.07. The lowest BCUT2D eigenvalue weighted by molar-refractivity contribution is -0.118. The van der Waals surface area contributed by atoms with Crippen molar-refractivity contribution in [2.75, 3.05) is 6.54 Å². The molecule has 2 rings (SSSR count). The maximum Gasteiger partial charge on any atom is 0.234 e. The van der Waals surface area contributed by atoms with Crippen molar-refractivity contribution in [2.45, 2.75) is 38.8 Å². The Morgan fingerprint density at radius 3 is 2.86 bits per heavy atom. The summed E-state index contributed by atoms with van der Waals surface area (Å²) in [5.41, 5.74) is 0. The van der Waals surface area contributed by atoms with Crippen LogP contribution in [0.25, 0.3) is 0 Å². The highest BCUT2D eigenvalue weighted by Crippen LogP contribution is 2.32. The summed E-state index contributed by atoms with van der Waals surface area (Å²) in [7, 11) is 0. The molecule has 0 aromatic rings. The lowest BCUT2D eigenvalue weighted by Crippen LogP contribution is -2.41. The van der Waals surface area contributed by atoms with E-state index < -0.39 is 0 Å². The molecular formula is C10H17N2O2-. The number of nitrogens with one attached hydrogen (secondary N) is 1. The second kappa shape index (κ2) is 3.87. The zero-order valence-electron chi connectivity index (χ0n) is 8.53. The molecule has 3 atom stereocenters. The molecule has 0 radical (unpaired) electrons. The molecule has 1 N–H and O–H groups in total. The van der Waals surface area contributed by atoms with E-state index in [1.54, 1.807) is 0 Å². The van der Waals surface area contributed by atoms with E-state index in [0.29, 0.717) is 11.8 Å². The van der Waals surface area contributed by atoms with Crippen LogP contribution in [0.4, 0.5) is 0 Å². The molecule has 1 aliphatic heterocycles. The summed E-state index contributed by atoms with van der Waals surface area (Å²) in [6, 6.07) is 0. The van der Waals surface area contributed by atoms with Gasteiger partial charge in [-0.15, -0.1) is 0 Å². The maximum atomic E-state index is 11.4. The Kier molecular flexibility index (Phi) is 2.74. The van der Waals surface area contributed by atoms with Crippen molar-refractivity contribution in [1.29, 1.82) is 0 Å². The van der Waals surface area contributed by atoms with Crippen LogP contribution in [0.3, 0.4) is 0 Å². The van der Waals surface area contributed by atoms with E-state index >= 15 is 0 Å². The molecule has 1 amide bonds. The number of carbonyl (C=O) groups excluding carboxylic acids is 1. The summed E-state index contributed by atoms with van der Waals surface area (Å²) in [4.78, 5) is 11.0. The number of carbonyl (C=O) groups is 1. The molecule has 1 aliphatic carbocycles. The molecule has 0 bridgehead atoms. The van der Waals surface area contributed by atoms with Crippen LogP contribution in [0.5, 0.6) is 0 Å². The van der Waals surface area contributed by atoms with Gasteiger partial charge in [0.05, 0.1) is 12.7 Å². The van der Waals surface area contributed by atoms with Gasteiger partial charge in [0.25, 0.3) is 0 Å². The van der Waals surface area contributed by atoms with Crippen LogP contribution >= 0.6 is 0 Å². The molecule has 14 heavy (non-hydrogen) atoms. The van der Waals surface area contributed by atoms with Crippen molar-refractivity contribution < 1.29 is 4.79 Å². The highest BCUT2D eigenvalue weighted by atomic mass is 16.5. The monoisotopic (exact) mass is 197 g/mol. The zero-order chi connectivity index (χ0) is 10.1. The zero-order valence-corrected chi connectivity index (χ0v) is 8.53. The van der Waals surface area contributed by atoms with Gasteiger partial charge in [0, 0.05) is 0 Å². The minimum absolute atomic E-state index is 0.0234. The number of hydroxylamine groups is 2. The molecule has 2 aliphatic rings. The predicted molar refractivity (Wildman–Crippen MR) is 53.1 cm³/mol. The highest BCUT2D eigenvalue weighted by Gasteiger charge is 2.32. The van der Waals surface area contributed by atoms with Crippen molar-refractivity contribution in [3.05, 3.63) is 5.21 Å². The Morgan fingerprint density at radius 2 is 2.29 bits per heavy atom. The summed E-state index contributed by atoms with van der Waals surface area (Å²) < 4.78 is 0. The average Bonchev–Trinajstić information content (AvgIpc) is 2.45. The fraction of sp³-hybridized carbons (Fsp3) is 0.900. The van der Waals surface area contributed by atoms with Crippen molar-refractivity contribution in [3.63, 3.8) is 0 Å². The molecule has 3 unspecified atom stereocenters. The Hall–Kier alpha value is -0.610. The Morgan fingerprint density at radius 1 is 1.50 bits per heavy atom. The number of nitrogens with zero attached hydrogens (tertiary/aromatic N) is 1. The Bertz CT molecular complexity index is 232. The molecule has 0 aromatic heterocycles. The van der Waals surface area contributed by atoms with Crippen LogP contribution in [0.15, 0.2) is 0 Å². The largest absolute Gasteiger partial charge is 0.783 e. The fourth-order valence-electron chi connectivity index (χ4n) is 2.64. The highest BCUT2D eigenvalue weighted by molar-refractivity contribution is 5.80. The number of hydrogen-bond donors (Lipinski definition) is 1. The number of hydrogen-bond acceptors (Lipinski definition) is 3. The van der Waals surface area contributed by atoms with Gasteiger partial charge in [0.2, 0.25) is 5.91 Å². The van der Waals surface area contributed by atoms with Gasteiger partial charge in [-0.3, -0.25) is 4.79 Å². The first-order valence-electron chi connectivity index (χ1n) is 5.40. The second-order valence-electron chi connectivity index (χ2n) is 4.62. The second-order valence-corrected chi connectivity index (χ2v) is 4.62. The standard InChI is InChI=1S/C10H17N2O2/c1-7-3-2-4-8(5-7)10-11-9(13)6-12(10)14/h7-8,10H,2-6H2,1H3,(H,11,13)/q-1. The van der Waals surface area contributed by atoms with Gasteiger partial charge >= 0.3 is 0 Å². The van der Waals surface area contributed by atoms with E-state index in [9.17, 15) is 10.0 Å². The summed E-state index contributed by atoms with van der Waals surface area (Å²) in [5, 5.41) is 15.1. The van der Waals surface area contributed by atoms with Crippen LogP contribution in [0, 0.1) is 17.0 Å². The van der Waals surface area contributed by atoms with Gasteiger partial charge in [0.15, 0.2) is 0 Å². The molecule has 0 aromatic carbocycles. The summed E-state index contributed by atoms with van der Waals surface area (Å²) in [5.74, 6) is 0.936. The molecular weight excluding hydrogens is 180 g/mol. The molecule has 4 heteroatoms. The van der Waals surface area contributed by atoms with Gasteiger partial charge in [0.1, 0.15) is 0 Å². The molecule has 1 saturated carbocycles. The van der Waals surface area contributed by atoms with Crippen LogP contribution in [0.2, 0.25) is 0 Å². The normalized spacial score (nSPS) is 39.9. The Labute approximate surface area is 84.2 Å². The van der Waals surface area contributed by atoms with E-state index in [2.05, 4.69) is 12.2 Å². The van der Waals surface area contributed by atoms with Crippen molar-refractivity contribution in [2.24, 2.45) is 11.8 Å². The third-order valence-corrected chi connectivity index (χ3v) is 3.34. The third kappa shape index (κ3) is 1.91.